The molecule has 6 nitrogen and oxygen atoms in total. The van der Waals surface area contributed by atoms with Crippen molar-refractivity contribution in [3.8, 4) is 0 Å². The average Bonchev–Trinajstić information content (AvgIpc) is 2.42. The van der Waals surface area contributed by atoms with Crippen LogP contribution in [0.4, 0.5) is 0 Å². The van der Waals surface area contributed by atoms with E-state index in [0.29, 0.717) is 12.0 Å². The molecule has 0 saturated carbocycles. The summed E-state index contributed by atoms with van der Waals surface area (Å²) in [6, 6.07) is 0. The second-order valence-electron chi connectivity index (χ2n) is 6.50. The minimum atomic E-state index is -3.21. The summed E-state index contributed by atoms with van der Waals surface area (Å²) in [5.41, 5.74) is -0.205. The van der Waals surface area contributed by atoms with E-state index in [0.717, 1.165) is 0 Å². The largest absolute Gasteiger partial charge is 0.544 e. The Morgan fingerprint density at radius 2 is 1.28 bits per heavy atom. The van der Waals surface area contributed by atoms with Gasteiger partial charge in [-0.25, -0.2) is 4.79 Å². The van der Waals surface area contributed by atoms with Gasteiger partial charge in [-0.1, -0.05) is 13.5 Å². The second-order valence-corrected chi connectivity index (χ2v) is 9.06. The van der Waals surface area contributed by atoms with Crippen LogP contribution in [0.5, 0.6) is 0 Å². The number of hydrogen-bond acceptors (Lipinski definition) is 6. The van der Waals surface area contributed by atoms with Crippen LogP contribution in [0.3, 0.4) is 0 Å². The fourth-order valence-electron chi connectivity index (χ4n) is 1.93. The summed E-state index contributed by atoms with van der Waals surface area (Å²) >= 11 is 0. The van der Waals surface area contributed by atoms with Gasteiger partial charge < -0.3 is 23.1 Å². The summed E-state index contributed by atoms with van der Waals surface area (Å²) in [5, 5.41) is 7.57. The number of carbonyl (C=O) groups excluding carboxylic acids is 1. The summed E-state index contributed by atoms with van der Waals surface area (Å²) in [6.07, 6.45) is 0.266. The summed E-state index contributed by atoms with van der Waals surface area (Å²) in [4.78, 5) is 11.9. The molecule has 0 fully saturated rings. The van der Waals surface area contributed by atoms with Gasteiger partial charge in [-0.15, -0.1) is 0 Å². The van der Waals surface area contributed by atoms with Crippen LogP contribution in [0.25, 0.3) is 0 Å². The lowest BCUT2D eigenvalue weighted by molar-refractivity contribution is -0.146. The highest BCUT2D eigenvalue weighted by Crippen LogP contribution is 2.26. The molecule has 150 valence electrons. The molecule has 0 bridgehead atoms. The normalized spacial score (nSPS) is 12.8. The van der Waals surface area contributed by atoms with E-state index in [4.69, 9.17) is 23.1 Å². The molecule has 0 radical (unpaired) electrons. The lowest BCUT2D eigenvalue weighted by atomic mass is 10.4. The van der Waals surface area contributed by atoms with Gasteiger partial charge in [-0.2, -0.15) is 0 Å². The predicted molar refractivity (Wildman–Crippen MR) is 102 cm³/mol. The minimum absolute atomic E-state index is 0.0956. The van der Waals surface area contributed by atoms with E-state index in [1.807, 2.05) is 48.5 Å². The van der Waals surface area contributed by atoms with Gasteiger partial charge in [-0.3, -0.25) is 0 Å². The molecule has 0 aliphatic carbocycles. The molecule has 0 aliphatic heterocycles. The summed E-state index contributed by atoms with van der Waals surface area (Å²) in [5.74, 6) is -0.448. The first-order valence-corrected chi connectivity index (χ1v) is 10.8. The van der Waals surface area contributed by atoms with Crippen LogP contribution in [0.2, 0.25) is 0 Å². The first-order chi connectivity index (χ1) is 11.4. The van der Waals surface area contributed by atoms with Crippen LogP contribution < -0.4 is 0 Å². The van der Waals surface area contributed by atoms with Crippen molar-refractivity contribution in [3.05, 3.63) is 12.2 Å². The van der Waals surface area contributed by atoms with Gasteiger partial charge in [0.2, 0.25) is 0 Å². The zero-order valence-corrected chi connectivity index (χ0v) is 18.4. The Morgan fingerprint density at radius 1 is 0.960 bits per heavy atom. The number of hydrogen-bond donors (Lipinski definition) is 1. The number of aliphatic hydroxyl groups excluding tert-OH is 1. The van der Waals surface area contributed by atoms with E-state index < -0.39 is 20.5 Å². The van der Waals surface area contributed by atoms with Crippen molar-refractivity contribution in [1.29, 1.82) is 0 Å². The van der Waals surface area contributed by atoms with E-state index >= 15 is 0 Å². The van der Waals surface area contributed by atoms with Crippen LogP contribution in [-0.4, -0.2) is 50.5 Å². The van der Waals surface area contributed by atoms with E-state index in [9.17, 15) is 4.79 Å². The average molecular weight is 379 g/mol. The third kappa shape index (κ3) is 11.5. The van der Waals surface area contributed by atoms with Gasteiger partial charge in [0, 0.05) is 30.5 Å². The standard InChI is InChI=1S/C16H32O5Si.C2H6O/c1-10-15(18-16(17)11(2)3)22(19-12(4)5,20-13(6)7)21-14(8)9;1-2-3/h12-15H,2,10H2,1,3-9H3;3H,2H2,1H3. The SMILES string of the molecule is C=C(C)C(=O)OC(CC)[Si](OC(C)C)(OC(C)C)OC(C)C.CCO. The van der Waals surface area contributed by atoms with Crippen molar-refractivity contribution < 1.29 is 27.9 Å². The minimum Gasteiger partial charge on any atom is -0.454 e. The quantitative estimate of drug-likeness (QED) is 0.355. The molecular formula is C18H38O6Si. The lowest BCUT2D eigenvalue weighted by Crippen LogP contribution is -2.61. The molecule has 0 aliphatic rings. The highest BCUT2D eigenvalue weighted by Gasteiger charge is 2.54. The van der Waals surface area contributed by atoms with E-state index in [-0.39, 0.29) is 24.9 Å². The van der Waals surface area contributed by atoms with Crippen molar-refractivity contribution in [2.75, 3.05) is 6.61 Å². The Kier molecular flexibility index (Phi) is 14.3. The fraction of sp³-hybridized carbons (Fsp3) is 0.833. The molecule has 0 aromatic heterocycles. The highest BCUT2D eigenvalue weighted by atomic mass is 28.4. The molecule has 1 unspecified atom stereocenters. The molecule has 0 rings (SSSR count). The summed E-state index contributed by atoms with van der Waals surface area (Å²) in [7, 11) is -3.21. The zero-order chi connectivity index (χ0) is 20.2. The third-order valence-corrected chi connectivity index (χ3v) is 6.28. The van der Waals surface area contributed by atoms with Gasteiger partial charge in [-0.05, 0) is 61.8 Å². The van der Waals surface area contributed by atoms with Gasteiger partial charge in [0.05, 0.1) is 0 Å². The fourth-order valence-corrected chi connectivity index (χ4v) is 5.28. The monoisotopic (exact) mass is 378 g/mol. The lowest BCUT2D eigenvalue weighted by Gasteiger charge is -2.38. The molecule has 0 heterocycles. The summed E-state index contributed by atoms with van der Waals surface area (Å²) < 4.78 is 23.8. The second kappa shape index (κ2) is 13.5. The Morgan fingerprint density at radius 3 is 1.48 bits per heavy atom. The highest BCUT2D eigenvalue weighted by molar-refractivity contribution is 6.62. The maximum Gasteiger partial charge on any atom is 0.544 e. The number of aliphatic hydroxyl groups is 1. The zero-order valence-electron chi connectivity index (χ0n) is 17.4. The van der Waals surface area contributed by atoms with Crippen molar-refractivity contribution in [3.63, 3.8) is 0 Å². The molecule has 0 aromatic rings. The van der Waals surface area contributed by atoms with Crippen LogP contribution in [0.15, 0.2) is 12.2 Å². The van der Waals surface area contributed by atoms with Gasteiger partial charge in [0.1, 0.15) is 0 Å². The number of esters is 1. The Bertz CT molecular complexity index is 355. The van der Waals surface area contributed by atoms with Crippen molar-refractivity contribution in [1.82, 2.24) is 0 Å². The topological polar surface area (TPSA) is 74.2 Å². The van der Waals surface area contributed by atoms with Crippen LogP contribution >= 0.6 is 0 Å². The van der Waals surface area contributed by atoms with Crippen LogP contribution in [-0.2, 0) is 22.8 Å². The molecule has 1 N–H and O–H groups in total. The van der Waals surface area contributed by atoms with Crippen molar-refractivity contribution >= 4 is 14.8 Å². The maximum absolute atomic E-state index is 11.9. The number of rotatable bonds is 10. The Balaban J connectivity index is 0. The molecule has 0 aromatic carbocycles. The van der Waals surface area contributed by atoms with Gasteiger partial charge in [0.25, 0.3) is 0 Å². The third-order valence-electron chi connectivity index (χ3n) is 2.56. The molecule has 0 spiro atoms. The summed E-state index contributed by atoms with van der Waals surface area (Å²) in [6.45, 7) is 20.6. The smallest absolute Gasteiger partial charge is 0.454 e. The molecule has 0 saturated heterocycles. The Labute approximate surface area is 154 Å². The van der Waals surface area contributed by atoms with Gasteiger partial charge >= 0.3 is 14.8 Å². The Hall–Kier alpha value is -0.733. The van der Waals surface area contributed by atoms with Crippen molar-refractivity contribution in [2.24, 2.45) is 0 Å². The molecule has 25 heavy (non-hydrogen) atoms. The van der Waals surface area contributed by atoms with E-state index in [1.165, 1.54) is 0 Å². The number of carbonyl (C=O) groups is 1. The van der Waals surface area contributed by atoms with Gasteiger partial charge in [0.15, 0.2) is 5.73 Å². The molecule has 0 amide bonds. The van der Waals surface area contributed by atoms with Crippen LogP contribution in [0.1, 0.15) is 68.7 Å². The molecule has 7 heteroatoms. The van der Waals surface area contributed by atoms with E-state index in [2.05, 4.69) is 6.58 Å². The van der Waals surface area contributed by atoms with E-state index in [1.54, 1.807) is 13.8 Å². The molecular weight excluding hydrogens is 340 g/mol. The first kappa shape index (κ1) is 26.5. The molecule has 1 atom stereocenters. The maximum atomic E-state index is 11.9. The van der Waals surface area contributed by atoms with Crippen molar-refractivity contribution in [2.45, 2.75) is 92.8 Å². The first-order valence-electron chi connectivity index (χ1n) is 8.96. The van der Waals surface area contributed by atoms with Crippen LogP contribution in [0, 0.1) is 0 Å². The number of ether oxygens (including phenoxy) is 1. The predicted octanol–water partition coefficient (Wildman–Crippen LogP) is 3.64.